The van der Waals surface area contributed by atoms with Crippen molar-refractivity contribution in [2.45, 2.75) is 25.8 Å². The Balaban J connectivity index is 1.66. The minimum Gasteiger partial charge on any atom is -0.357 e. The average Bonchev–Trinajstić information content (AvgIpc) is 2.64. The summed E-state index contributed by atoms with van der Waals surface area (Å²) in [6.45, 7) is 3.97. The number of nitrogens with zero attached hydrogens (tertiary/aromatic N) is 2. The monoisotopic (exact) mass is 337 g/mol. The number of carbonyl (C=O) groups is 1. The minimum absolute atomic E-state index is 0.0564. The molecule has 0 fully saturated rings. The Kier molecular flexibility index (Phi) is 5.61. The number of benzene rings is 1. The van der Waals surface area contributed by atoms with Gasteiger partial charge < -0.3 is 16.0 Å². The van der Waals surface area contributed by atoms with Gasteiger partial charge in [0.15, 0.2) is 5.96 Å². The number of pyridine rings is 1. The molecule has 6 nitrogen and oxygen atoms in total. The summed E-state index contributed by atoms with van der Waals surface area (Å²) >= 11 is 0. The SMILES string of the molecule is CCNC(=NCc1ccccn1)NCC1CC(=O)Nc2ccccc21. The van der Waals surface area contributed by atoms with Crippen LogP contribution in [0.25, 0.3) is 0 Å². The normalized spacial score (nSPS) is 16.8. The van der Waals surface area contributed by atoms with E-state index >= 15 is 0 Å². The predicted octanol–water partition coefficient (Wildman–Crippen LogP) is 2.26. The number of hydrogen-bond donors (Lipinski definition) is 3. The fraction of sp³-hybridized carbons (Fsp3) is 0.316. The van der Waals surface area contributed by atoms with Gasteiger partial charge in [0.1, 0.15) is 0 Å². The zero-order chi connectivity index (χ0) is 17.5. The fourth-order valence-corrected chi connectivity index (χ4v) is 2.90. The third-order valence-electron chi connectivity index (χ3n) is 4.09. The molecular weight excluding hydrogens is 314 g/mol. The van der Waals surface area contributed by atoms with E-state index in [-0.39, 0.29) is 11.8 Å². The first-order chi connectivity index (χ1) is 12.3. The molecule has 0 radical (unpaired) electrons. The van der Waals surface area contributed by atoms with Crippen molar-refractivity contribution in [3.05, 3.63) is 59.9 Å². The molecule has 0 saturated heterocycles. The molecule has 2 aromatic rings. The van der Waals surface area contributed by atoms with Crippen molar-refractivity contribution >= 4 is 17.6 Å². The van der Waals surface area contributed by atoms with Crippen LogP contribution in [0.3, 0.4) is 0 Å². The van der Waals surface area contributed by atoms with Crippen LogP contribution in [0.5, 0.6) is 0 Å². The number of anilines is 1. The van der Waals surface area contributed by atoms with Gasteiger partial charge in [-0.25, -0.2) is 4.99 Å². The Labute approximate surface area is 147 Å². The number of aromatic nitrogens is 1. The van der Waals surface area contributed by atoms with Crippen LogP contribution < -0.4 is 16.0 Å². The highest BCUT2D eigenvalue weighted by molar-refractivity contribution is 5.94. The molecule has 1 aliphatic heterocycles. The van der Waals surface area contributed by atoms with Crippen LogP contribution in [-0.2, 0) is 11.3 Å². The van der Waals surface area contributed by atoms with Gasteiger partial charge in [-0.05, 0) is 30.7 Å². The number of hydrogen-bond acceptors (Lipinski definition) is 3. The lowest BCUT2D eigenvalue weighted by atomic mass is 9.90. The van der Waals surface area contributed by atoms with Crippen molar-refractivity contribution in [3.63, 3.8) is 0 Å². The van der Waals surface area contributed by atoms with Crippen LogP contribution in [0, 0.1) is 0 Å². The van der Waals surface area contributed by atoms with E-state index < -0.39 is 0 Å². The summed E-state index contributed by atoms with van der Waals surface area (Å²) in [7, 11) is 0. The summed E-state index contributed by atoms with van der Waals surface area (Å²) in [5.74, 6) is 0.918. The van der Waals surface area contributed by atoms with Crippen molar-refractivity contribution in [3.8, 4) is 0 Å². The molecule has 1 amide bonds. The van der Waals surface area contributed by atoms with E-state index in [1.807, 2.05) is 43.3 Å². The van der Waals surface area contributed by atoms with Gasteiger partial charge in [0.25, 0.3) is 0 Å². The molecule has 0 saturated carbocycles. The Hall–Kier alpha value is -2.89. The smallest absolute Gasteiger partial charge is 0.225 e. The van der Waals surface area contributed by atoms with Gasteiger partial charge in [0, 0.05) is 37.3 Å². The molecule has 0 bridgehead atoms. The van der Waals surface area contributed by atoms with E-state index in [9.17, 15) is 4.79 Å². The maximum Gasteiger partial charge on any atom is 0.225 e. The number of aliphatic imine (C=N–C) groups is 1. The first-order valence-electron chi connectivity index (χ1n) is 8.57. The van der Waals surface area contributed by atoms with E-state index in [0.717, 1.165) is 29.4 Å². The number of carbonyl (C=O) groups excluding carboxylic acids is 1. The second-order valence-electron chi connectivity index (χ2n) is 5.93. The summed E-state index contributed by atoms with van der Waals surface area (Å²) < 4.78 is 0. The summed E-state index contributed by atoms with van der Waals surface area (Å²) in [6, 6.07) is 13.8. The molecule has 3 N–H and O–H groups in total. The average molecular weight is 337 g/mol. The Bertz CT molecular complexity index is 744. The van der Waals surface area contributed by atoms with E-state index in [0.29, 0.717) is 19.5 Å². The molecule has 6 heteroatoms. The summed E-state index contributed by atoms with van der Waals surface area (Å²) in [5.41, 5.74) is 2.98. The predicted molar refractivity (Wildman–Crippen MR) is 99.5 cm³/mol. The van der Waals surface area contributed by atoms with E-state index in [1.54, 1.807) is 6.20 Å². The molecule has 1 aromatic carbocycles. The number of fused-ring (bicyclic) bond motifs is 1. The Morgan fingerprint density at radius 1 is 1.24 bits per heavy atom. The number of para-hydroxylation sites is 1. The van der Waals surface area contributed by atoms with E-state index in [1.165, 1.54) is 0 Å². The lowest BCUT2D eigenvalue weighted by molar-refractivity contribution is -0.116. The second kappa shape index (κ2) is 8.28. The van der Waals surface area contributed by atoms with Crippen LogP contribution in [0.15, 0.2) is 53.7 Å². The third kappa shape index (κ3) is 4.56. The third-order valence-corrected chi connectivity index (χ3v) is 4.09. The van der Waals surface area contributed by atoms with Crippen molar-refractivity contribution in [2.75, 3.05) is 18.4 Å². The standard InChI is InChI=1S/C19H23N5O/c1-2-20-19(23-13-15-7-5-6-10-21-15)22-12-14-11-18(25)24-17-9-4-3-8-16(14)17/h3-10,14H,2,11-13H2,1H3,(H,24,25)(H2,20,22,23). The topological polar surface area (TPSA) is 78.4 Å². The first-order valence-corrected chi connectivity index (χ1v) is 8.57. The number of rotatable bonds is 5. The highest BCUT2D eigenvalue weighted by Gasteiger charge is 2.24. The Morgan fingerprint density at radius 2 is 2.08 bits per heavy atom. The Morgan fingerprint density at radius 3 is 2.88 bits per heavy atom. The lowest BCUT2D eigenvalue weighted by Gasteiger charge is -2.26. The minimum atomic E-state index is 0.0564. The van der Waals surface area contributed by atoms with Crippen LogP contribution >= 0.6 is 0 Å². The van der Waals surface area contributed by atoms with Gasteiger partial charge in [0.2, 0.25) is 5.91 Å². The van der Waals surface area contributed by atoms with Gasteiger partial charge >= 0.3 is 0 Å². The molecule has 1 unspecified atom stereocenters. The van der Waals surface area contributed by atoms with Crippen molar-refractivity contribution in [2.24, 2.45) is 4.99 Å². The van der Waals surface area contributed by atoms with Crippen molar-refractivity contribution in [1.82, 2.24) is 15.6 Å². The first kappa shape index (κ1) is 17.0. The van der Waals surface area contributed by atoms with Crippen LogP contribution in [0.1, 0.15) is 30.5 Å². The molecule has 1 atom stereocenters. The second-order valence-corrected chi connectivity index (χ2v) is 5.93. The van der Waals surface area contributed by atoms with E-state index in [2.05, 4.69) is 32.0 Å². The van der Waals surface area contributed by atoms with Gasteiger partial charge in [-0.2, -0.15) is 0 Å². The maximum atomic E-state index is 11.9. The molecule has 0 aliphatic carbocycles. The van der Waals surface area contributed by atoms with E-state index in [4.69, 9.17) is 0 Å². The molecule has 25 heavy (non-hydrogen) atoms. The quantitative estimate of drug-likeness (QED) is 0.578. The zero-order valence-electron chi connectivity index (χ0n) is 14.3. The molecule has 3 rings (SSSR count). The molecular formula is C19H23N5O. The maximum absolute atomic E-state index is 11.9. The van der Waals surface area contributed by atoms with Crippen LogP contribution in [0.2, 0.25) is 0 Å². The largest absolute Gasteiger partial charge is 0.357 e. The molecule has 0 spiro atoms. The number of guanidine groups is 1. The molecule has 130 valence electrons. The fourth-order valence-electron chi connectivity index (χ4n) is 2.90. The molecule has 1 aliphatic rings. The highest BCUT2D eigenvalue weighted by atomic mass is 16.1. The van der Waals surface area contributed by atoms with Crippen LogP contribution in [0.4, 0.5) is 5.69 Å². The lowest BCUT2D eigenvalue weighted by Crippen LogP contribution is -2.40. The molecule has 1 aromatic heterocycles. The summed E-state index contributed by atoms with van der Waals surface area (Å²) in [6.07, 6.45) is 2.24. The highest BCUT2D eigenvalue weighted by Crippen LogP contribution is 2.31. The summed E-state index contributed by atoms with van der Waals surface area (Å²) in [5, 5.41) is 9.52. The van der Waals surface area contributed by atoms with Gasteiger partial charge in [-0.15, -0.1) is 0 Å². The van der Waals surface area contributed by atoms with Crippen molar-refractivity contribution < 1.29 is 4.79 Å². The van der Waals surface area contributed by atoms with Crippen LogP contribution in [-0.4, -0.2) is 29.9 Å². The number of amides is 1. The van der Waals surface area contributed by atoms with Gasteiger partial charge in [-0.1, -0.05) is 24.3 Å². The zero-order valence-corrected chi connectivity index (χ0v) is 14.3. The van der Waals surface area contributed by atoms with Crippen molar-refractivity contribution in [1.29, 1.82) is 0 Å². The summed E-state index contributed by atoms with van der Waals surface area (Å²) in [4.78, 5) is 20.8. The number of nitrogens with one attached hydrogen (secondary N) is 3. The van der Waals surface area contributed by atoms with Gasteiger partial charge in [-0.3, -0.25) is 9.78 Å². The molecule has 2 heterocycles. The van der Waals surface area contributed by atoms with Gasteiger partial charge in [0.05, 0.1) is 12.2 Å².